The highest BCUT2D eigenvalue weighted by molar-refractivity contribution is 6.15. The predicted molar refractivity (Wildman–Crippen MR) is 120 cm³/mol. The minimum Gasteiger partial charge on any atom is -0.477 e. The minimum absolute atomic E-state index is 0.0954. The topological polar surface area (TPSA) is 56.8 Å². The quantitative estimate of drug-likeness (QED) is 0.429. The van der Waals surface area contributed by atoms with Gasteiger partial charge in [0.15, 0.2) is 5.76 Å². The van der Waals surface area contributed by atoms with E-state index in [1.54, 1.807) is 6.26 Å². The molecule has 0 spiro atoms. The molecule has 0 aliphatic carbocycles. The highest BCUT2D eigenvalue weighted by Crippen LogP contribution is 2.43. The van der Waals surface area contributed by atoms with Gasteiger partial charge in [0.05, 0.1) is 18.4 Å². The minimum atomic E-state index is -0.0954. The lowest BCUT2D eigenvalue weighted by Crippen LogP contribution is -2.31. The van der Waals surface area contributed by atoms with E-state index in [4.69, 9.17) is 13.9 Å². The van der Waals surface area contributed by atoms with E-state index in [0.29, 0.717) is 36.9 Å². The smallest absolute Gasteiger partial charge is 0.231 e. The molecular weight excluding hydrogens is 404 g/mol. The number of nitrogens with zero attached hydrogens (tertiary/aromatic N) is 2. The molecule has 6 nitrogen and oxygen atoms in total. The van der Waals surface area contributed by atoms with Gasteiger partial charge in [-0.25, -0.2) is 0 Å². The molecule has 4 aromatic rings. The number of Topliss-reactive ketones (excluding diaryl/α,β-unsaturated/α-hetero) is 1. The summed E-state index contributed by atoms with van der Waals surface area (Å²) in [5.74, 6) is 2.53. The molecule has 6 heteroatoms. The second-order valence-corrected chi connectivity index (χ2v) is 8.36. The van der Waals surface area contributed by atoms with Gasteiger partial charge in [-0.3, -0.25) is 9.69 Å². The van der Waals surface area contributed by atoms with Gasteiger partial charge in [0.25, 0.3) is 0 Å². The van der Waals surface area contributed by atoms with E-state index in [1.807, 2.05) is 56.6 Å². The Labute approximate surface area is 185 Å². The zero-order chi connectivity index (χ0) is 21.8. The van der Waals surface area contributed by atoms with Crippen molar-refractivity contribution >= 4 is 22.8 Å². The molecule has 0 N–H and O–H groups in total. The Bertz CT molecular complexity index is 1400. The van der Waals surface area contributed by atoms with Crippen LogP contribution in [0.3, 0.4) is 0 Å². The van der Waals surface area contributed by atoms with Gasteiger partial charge in [-0.2, -0.15) is 0 Å². The lowest BCUT2D eigenvalue weighted by Gasteiger charge is -2.29. The predicted octanol–water partition coefficient (Wildman–Crippen LogP) is 5.05. The zero-order valence-corrected chi connectivity index (χ0v) is 17.9. The number of aromatic nitrogens is 1. The van der Waals surface area contributed by atoms with E-state index in [-0.39, 0.29) is 5.78 Å². The van der Waals surface area contributed by atoms with Gasteiger partial charge in [-0.05, 0) is 37.3 Å². The third kappa shape index (κ3) is 2.95. The first kappa shape index (κ1) is 19.0. The van der Waals surface area contributed by atoms with Crippen molar-refractivity contribution in [3.63, 3.8) is 0 Å². The number of furan rings is 1. The summed E-state index contributed by atoms with van der Waals surface area (Å²) in [5, 5.41) is 1.09. The second-order valence-electron chi connectivity index (χ2n) is 8.36. The number of benzene rings is 2. The van der Waals surface area contributed by atoms with Crippen molar-refractivity contribution < 1.29 is 18.7 Å². The molecule has 0 saturated heterocycles. The number of allylic oxidation sites excluding steroid dienone is 1. The average molecular weight is 426 g/mol. The van der Waals surface area contributed by atoms with Crippen LogP contribution in [0.15, 0.2) is 65.1 Å². The van der Waals surface area contributed by atoms with Gasteiger partial charge in [0.2, 0.25) is 5.78 Å². The van der Waals surface area contributed by atoms with Gasteiger partial charge in [0, 0.05) is 47.4 Å². The SMILES string of the molecule is Cc1c2c(cc3c1O/C(=C\c1cn(C)c4ccccc14)C3=O)CN(Cc1ccco1)CO2. The first-order chi connectivity index (χ1) is 15.6. The molecular formula is C26H22N2O4. The standard InChI is InChI=1S/C26H22N2O4/c1-16-25-18(13-28(15-31-25)14-19-6-5-9-30-19)10-21-24(29)23(32-26(16)21)11-17-12-27(2)22-8-4-3-7-20(17)22/h3-12H,13-15H2,1-2H3/b23-11-. The van der Waals surface area contributed by atoms with Gasteiger partial charge < -0.3 is 18.5 Å². The number of fused-ring (bicyclic) bond motifs is 3. The van der Waals surface area contributed by atoms with Crippen LogP contribution in [0.5, 0.6) is 11.5 Å². The van der Waals surface area contributed by atoms with Crippen LogP contribution in [-0.4, -0.2) is 22.0 Å². The maximum atomic E-state index is 13.3. The average Bonchev–Trinajstić information content (AvgIpc) is 3.50. The summed E-state index contributed by atoms with van der Waals surface area (Å²) in [4.78, 5) is 15.4. The summed E-state index contributed by atoms with van der Waals surface area (Å²) in [6.07, 6.45) is 5.53. The Hall–Kier alpha value is -3.77. The molecule has 0 unspecified atom stereocenters. The normalized spacial score (nSPS) is 16.8. The van der Waals surface area contributed by atoms with Crippen molar-refractivity contribution in [2.24, 2.45) is 7.05 Å². The molecule has 0 saturated carbocycles. The van der Waals surface area contributed by atoms with Crippen molar-refractivity contribution in [3.8, 4) is 11.5 Å². The summed E-state index contributed by atoms with van der Waals surface area (Å²) < 4.78 is 19.7. The molecule has 0 amide bonds. The fourth-order valence-electron chi connectivity index (χ4n) is 4.65. The van der Waals surface area contributed by atoms with Gasteiger partial charge in [-0.15, -0.1) is 0 Å². The number of ketones is 1. The molecule has 0 radical (unpaired) electrons. The first-order valence-electron chi connectivity index (χ1n) is 10.6. The molecule has 0 fully saturated rings. The summed E-state index contributed by atoms with van der Waals surface area (Å²) in [7, 11) is 2.00. The number of hydrogen-bond donors (Lipinski definition) is 0. The summed E-state index contributed by atoms with van der Waals surface area (Å²) in [6, 6.07) is 13.9. The van der Waals surface area contributed by atoms with Crippen molar-refractivity contribution in [2.75, 3.05) is 6.73 Å². The Morgan fingerprint density at radius 2 is 2.00 bits per heavy atom. The number of rotatable bonds is 3. The summed E-state index contributed by atoms with van der Waals surface area (Å²) >= 11 is 0. The Kier molecular flexibility index (Phi) is 4.23. The fourth-order valence-corrected chi connectivity index (χ4v) is 4.65. The monoisotopic (exact) mass is 426 g/mol. The van der Waals surface area contributed by atoms with E-state index in [9.17, 15) is 4.79 Å². The van der Waals surface area contributed by atoms with Gasteiger partial charge >= 0.3 is 0 Å². The zero-order valence-electron chi connectivity index (χ0n) is 17.9. The van der Waals surface area contributed by atoms with Crippen LogP contribution >= 0.6 is 0 Å². The highest BCUT2D eigenvalue weighted by Gasteiger charge is 2.34. The molecule has 32 heavy (non-hydrogen) atoms. The molecule has 2 aliphatic heterocycles. The molecule has 4 heterocycles. The number of ether oxygens (including phenoxy) is 2. The van der Waals surface area contributed by atoms with Crippen molar-refractivity contribution in [3.05, 3.63) is 88.7 Å². The number of carbonyl (C=O) groups excluding carboxylic acids is 1. The van der Waals surface area contributed by atoms with E-state index in [1.165, 1.54) is 0 Å². The number of para-hydroxylation sites is 1. The van der Waals surface area contributed by atoms with Crippen LogP contribution in [0.1, 0.15) is 32.8 Å². The van der Waals surface area contributed by atoms with Crippen molar-refractivity contribution in [2.45, 2.75) is 20.0 Å². The lowest BCUT2D eigenvalue weighted by atomic mass is 10.00. The van der Waals surface area contributed by atoms with Gasteiger partial charge in [0.1, 0.15) is 24.0 Å². The summed E-state index contributed by atoms with van der Waals surface area (Å²) in [5.41, 5.74) is 4.52. The van der Waals surface area contributed by atoms with Gasteiger partial charge in [-0.1, -0.05) is 18.2 Å². The van der Waals surface area contributed by atoms with Crippen LogP contribution in [0.4, 0.5) is 0 Å². The molecule has 0 bridgehead atoms. The van der Waals surface area contributed by atoms with Crippen molar-refractivity contribution in [1.29, 1.82) is 0 Å². The molecule has 2 aromatic heterocycles. The second kappa shape index (κ2) is 7.14. The first-order valence-corrected chi connectivity index (χ1v) is 10.6. The largest absolute Gasteiger partial charge is 0.477 e. The lowest BCUT2D eigenvalue weighted by molar-refractivity contribution is 0.0813. The molecule has 2 aliphatic rings. The number of carbonyl (C=O) groups is 1. The third-order valence-corrected chi connectivity index (χ3v) is 6.18. The maximum Gasteiger partial charge on any atom is 0.231 e. The summed E-state index contributed by atoms with van der Waals surface area (Å²) in [6.45, 7) is 3.74. The van der Waals surface area contributed by atoms with Crippen LogP contribution in [-0.2, 0) is 20.1 Å². The van der Waals surface area contributed by atoms with Crippen molar-refractivity contribution in [1.82, 2.24) is 9.47 Å². The Morgan fingerprint density at radius 3 is 2.84 bits per heavy atom. The Balaban J connectivity index is 1.34. The van der Waals surface area contributed by atoms with E-state index >= 15 is 0 Å². The van der Waals surface area contributed by atoms with E-state index in [0.717, 1.165) is 39.1 Å². The van der Waals surface area contributed by atoms with E-state index < -0.39 is 0 Å². The van der Waals surface area contributed by atoms with Crippen LogP contribution in [0, 0.1) is 6.92 Å². The third-order valence-electron chi connectivity index (χ3n) is 6.18. The Morgan fingerprint density at radius 1 is 1.12 bits per heavy atom. The van der Waals surface area contributed by atoms with Crippen LogP contribution < -0.4 is 9.47 Å². The van der Waals surface area contributed by atoms with E-state index in [2.05, 4.69) is 21.6 Å². The van der Waals surface area contributed by atoms with Crippen LogP contribution in [0.2, 0.25) is 0 Å². The number of aryl methyl sites for hydroxylation is 1. The molecule has 160 valence electrons. The highest BCUT2D eigenvalue weighted by atomic mass is 16.5. The van der Waals surface area contributed by atoms with Crippen LogP contribution in [0.25, 0.3) is 17.0 Å². The maximum absolute atomic E-state index is 13.3. The number of hydrogen-bond acceptors (Lipinski definition) is 5. The fraction of sp³-hybridized carbons (Fsp3) is 0.192. The molecule has 2 aromatic carbocycles. The molecule has 0 atom stereocenters. The molecule has 6 rings (SSSR count).